The highest BCUT2D eigenvalue weighted by Crippen LogP contribution is 2.21. The summed E-state index contributed by atoms with van der Waals surface area (Å²) in [5.41, 5.74) is 3.72. The van der Waals surface area contributed by atoms with Crippen molar-refractivity contribution in [3.8, 4) is 0 Å². The molecule has 4 rings (SSSR count). The lowest BCUT2D eigenvalue weighted by atomic mass is 10.0. The number of amides is 1. The van der Waals surface area contributed by atoms with Crippen LogP contribution in [0.4, 0.5) is 5.69 Å². The lowest BCUT2D eigenvalue weighted by Gasteiger charge is -2.33. The van der Waals surface area contributed by atoms with Gasteiger partial charge in [-0.2, -0.15) is 0 Å². The molecule has 150 valence electrons. The smallest absolute Gasteiger partial charge is 0.255 e. The van der Waals surface area contributed by atoms with Crippen molar-refractivity contribution in [2.45, 2.75) is 45.3 Å². The molecule has 0 radical (unpaired) electrons. The van der Waals surface area contributed by atoms with Crippen molar-refractivity contribution in [1.29, 1.82) is 0 Å². The summed E-state index contributed by atoms with van der Waals surface area (Å²) >= 11 is 0. The summed E-state index contributed by atoms with van der Waals surface area (Å²) in [6.07, 6.45) is 5.42. The first kappa shape index (κ1) is 19.3. The molecule has 0 saturated carbocycles. The molecule has 1 aliphatic heterocycles. The molecule has 2 heterocycles. The van der Waals surface area contributed by atoms with Crippen LogP contribution < -0.4 is 5.32 Å². The van der Waals surface area contributed by atoms with Gasteiger partial charge < -0.3 is 5.32 Å². The van der Waals surface area contributed by atoms with Crippen molar-refractivity contribution in [3.05, 3.63) is 71.5 Å². The summed E-state index contributed by atoms with van der Waals surface area (Å²) in [7, 11) is 0. The van der Waals surface area contributed by atoms with E-state index in [-0.39, 0.29) is 5.91 Å². The van der Waals surface area contributed by atoms with Gasteiger partial charge in [0.2, 0.25) is 0 Å². The SMILES string of the molecule is C[C@H]1CCCCN1Cc1cccc(NC(=O)c2ccc(Cn3cnnn3)cc2)c1. The summed E-state index contributed by atoms with van der Waals surface area (Å²) in [4.78, 5) is 15.2. The minimum Gasteiger partial charge on any atom is -0.322 e. The van der Waals surface area contributed by atoms with Crippen LogP contribution in [-0.2, 0) is 13.1 Å². The summed E-state index contributed by atoms with van der Waals surface area (Å²) in [6.45, 7) is 4.95. The second-order valence-corrected chi connectivity index (χ2v) is 7.67. The largest absolute Gasteiger partial charge is 0.322 e. The number of piperidine rings is 1. The second kappa shape index (κ2) is 8.96. The number of carbonyl (C=O) groups is 1. The number of likely N-dealkylation sites (tertiary alicyclic amines) is 1. The molecule has 1 atom stereocenters. The Morgan fingerprint density at radius 3 is 2.72 bits per heavy atom. The molecule has 2 aromatic carbocycles. The highest BCUT2D eigenvalue weighted by Gasteiger charge is 2.18. The number of anilines is 1. The molecule has 1 fully saturated rings. The van der Waals surface area contributed by atoms with E-state index in [1.165, 1.54) is 24.8 Å². The molecule has 1 aromatic heterocycles. The number of benzene rings is 2. The Hall–Kier alpha value is -3.06. The van der Waals surface area contributed by atoms with Crippen molar-refractivity contribution in [1.82, 2.24) is 25.1 Å². The van der Waals surface area contributed by atoms with Crippen LogP contribution in [-0.4, -0.2) is 43.6 Å². The average molecular weight is 390 g/mol. The third-order valence-corrected chi connectivity index (χ3v) is 5.46. The predicted molar refractivity (Wildman–Crippen MR) is 111 cm³/mol. The highest BCUT2D eigenvalue weighted by atomic mass is 16.1. The molecular weight excluding hydrogens is 364 g/mol. The second-order valence-electron chi connectivity index (χ2n) is 7.67. The van der Waals surface area contributed by atoms with Gasteiger partial charge in [0.1, 0.15) is 6.33 Å². The van der Waals surface area contributed by atoms with Gasteiger partial charge in [-0.05, 0) is 72.1 Å². The van der Waals surface area contributed by atoms with Crippen LogP contribution in [0.3, 0.4) is 0 Å². The van der Waals surface area contributed by atoms with Crippen LogP contribution in [0.15, 0.2) is 54.9 Å². The van der Waals surface area contributed by atoms with E-state index < -0.39 is 0 Å². The van der Waals surface area contributed by atoms with E-state index in [4.69, 9.17) is 0 Å². The van der Waals surface area contributed by atoms with Gasteiger partial charge in [-0.15, -0.1) is 5.10 Å². The molecule has 1 aliphatic rings. The van der Waals surface area contributed by atoms with Crippen molar-refractivity contribution in [2.24, 2.45) is 0 Å². The van der Waals surface area contributed by atoms with E-state index in [9.17, 15) is 4.79 Å². The van der Waals surface area contributed by atoms with Gasteiger partial charge in [-0.3, -0.25) is 9.69 Å². The van der Waals surface area contributed by atoms with Crippen LogP contribution in [0.2, 0.25) is 0 Å². The minimum absolute atomic E-state index is 0.109. The number of nitrogens with zero attached hydrogens (tertiary/aromatic N) is 5. The Kier molecular flexibility index (Phi) is 5.95. The molecular formula is C22H26N6O. The Bertz CT molecular complexity index is 938. The van der Waals surface area contributed by atoms with Gasteiger partial charge in [0.15, 0.2) is 0 Å². The summed E-state index contributed by atoms with van der Waals surface area (Å²) in [5.74, 6) is -0.109. The summed E-state index contributed by atoms with van der Waals surface area (Å²) in [6, 6.07) is 16.3. The number of hydrogen-bond acceptors (Lipinski definition) is 5. The van der Waals surface area contributed by atoms with Crippen LogP contribution in [0, 0.1) is 0 Å². The zero-order chi connectivity index (χ0) is 20.1. The van der Waals surface area contributed by atoms with Crippen LogP contribution >= 0.6 is 0 Å². The molecule has 7 nitrogen and oxygen atoms in total. The Morgan fingerprint density at radius 1 is 1.10 bits per heavy atom. The molecule has 0 aliphatic carbocycles. The fourth-order valence-corrected chi connectivity index (χ4v) is 3.78. The first-order valence-corrected chi connectivity index (χ1v) is 10.1. The zero-order valence-electron chi connectivity index (χ0n) is 16.7. The van der Waals surface area contributed by atoms with Crippen molar-refractivity contribution >= 4 is 11.6 Å². The molecule has 1 N–H and O–H groups in total. The normalized spacial score (nSPS) is 17.2. The number of carbonyl (C=O) groups excluding carboxylic acids is 1. The third-order valence-electron chi connectivity index (χ3n) is 5.46. The average Bonchev–Trinajstić information content (AvgIpc) is 3.24. The van der Waals surface area contributed by atoms with Gasteiger partial charge in [-0.1, -0.05) is 30.7 Å². The fourth-order valence-electron chi connectivity index (χ4n) is 3.78. The predicted octanol–water partition coefficient (Wildman–Crippen LogP) is 3.35. The maximum absolute atomic E-state index is 12.6. The number of nitrogens with one attached hydrogen (secondary N) is 1. The lowest BCUT2D eigenvalue weighted by molar-refractivity contribution is 0.102. The monoisotopic (exact) mass is 390 g/mol. The van der Waals surface area contributed by atoms with Crippen LogP contribution in [0.1, 0.15) is 47.7 Å². The molecule has 0 spiro atoms. The molecule has 0 unspecified atom stereocenters. The Morgan fingerprint density at radius 2 is 1.97 bits per heavy atom. The molecule has 3 aromatic rings. The highest BCUT2D eigenvalue weighted by molar-refractivity contribution is 6.04. The van der Waals surface area contributed by atoms with Crippen molar-refractivity contribution < 1.29 is 4.79 Å². The molecule has 1 saturated heterocycles. The quantitative estimate of drug-likeness (QED) is 0.699. The van der Waals surface area contributed by atoms with Gasteiger partial charge >= 0.3 is 0 Å². The lowest BCUT2D eigenvalue weighted by Crippen LogP contribution is -2.36. The maximum Gasteiger partial charge on any atom is 0.255 e. The topological polar surface area (TPSA) is 75.9 Å². The fraction of sp³-hybridized carbons (Fsp3) is 0.364. The zero-order valence-corrected chi connectivity index (χ0v) is 16.7. The number of tetrazole rings is 1. The third kappa shape index (κ3) is 5.06. The van der Waals surface area contributed by atoms with Crippen LogP contribution in [0.25, 0.3) is 0 Å². The van der Waals surface area contributed by atoms with Gasteiger partial charge in [0.25, 0.3) is 5.91 Å². The summed E-state index contributed by atoms with van der Waals surface area (Å²) in [5, 5.41) is 14.1. The molecule has 29 heavy (non-hydrogen) atoms. The molecule has 1 amide bonds. The van der Waals surface area contributed by atoms with E-state index in [1.54, 1.807) is 11.0 Å². The first-order valence-electron chi connectivity index (χ1n) is 10.1. The van der Waals surface area contributed by atoms with Gasteiger partial charge in [0, 0.05) is 23.8 Å². The van der Waals surface area contributed by atoms with E-state index >= 15 is 0 Å². The maximum atomic E-state index is 12.6. The first-order chi connectivity index (χ1) is 14.2. The number of hydrogen-bond donors (Lipinski definition) is 1. The van der Waals surface area contributed by atoms with Gasteiger partial charge in [0.05, 0.1) is 6.54 Å². The van der Waals surface area contributed by atoms with E-state index in [0.717, 1.165) is 24.3 Å². The number of aromatic nitrogens is 4. The van der Waals surface area contributed by atoms with E-state index in [1.807, 2.05) is 36.4 Å². The molecule has 7 heteroatoms. The molecule has 0 bridgehead atoms. The van der Waals surface area contributed by atoms with Crippen LogP contribution in [0.5, 0.6) is 0 Å². The summed E-state index contributed by atoms with van der Waals surface area (Å²) < 4.78 is 1.64. The van der Waals surface area contributed by atoms with E-state index in [0.29, 0.717) is 18.2 Å². The minimum atomic E-state index is -0.109. The van der Waals surface area contributed by atoms with E-state index in [2.05, 4.69) is 44.8 Å². The van der Waals surface area contributed by atoms with Crippen molar-refractivity contribution in [3.63, 3.8) is 0 Å². The number of rotatable bonds is 6. The van der Waals surface area contributed by atoms with Crippen molar-refractivity contribution in [2.75, 3.05) is 11.9 Å². The van der Waals surface area contributed by atoms with Gasteiger partial charge in [-0.25, -0.2) is 4.68 Å². The Balaban J connectivity index is 1.37. The standard InChI is InChI=1S/C22H26N6O/c1-17-5-2-3-12-27(17)14-19-6-4-7-21(13-19)24-22(29)20-10-8-18(9-11-20)15-28-16-23-25-26-28/h4,6-11,13,16-17H,2-3,5,12,14-15H2,1H3,(H,24,29)/t17-/m0/s1. The Labute approximate surface area is 170 Å².